The van der Waals surface area contributed by atoms with Crippen LogP contribution in [-0.4, -0.2) is 21.8 Å². The van der Waals surface area contributed by atoms with Crippen LogP contribution in [0.25, 0.3) is 11.3 Å². The quantitative estimate of drug-likeness (QED) is 0.883. The highest BCUT2D eigenvalue weighted by Crippen LogP contribution is 2.29. The summed E-state index contributed by atoms with van der Waals surface area (Å²) in [5.41, 5.74) is 7.00. The number of rotatable bonds is 4. The fourth-order valence-corrected chi connectivity index (χ4v) is 1.67. The molecule has 0 aliphatic carbocycles. The first-order valence-corrected chi connectivity index (χ1v) is 5.63. The average molecular weight is 245 g/mol. The molecule has 18 heavy (non-hydrogen) atoms. The van der Waals surface area contributed by atoms with Gasteiger partial charge in [-0.3, -0.25) is 9.48 Å². The number of primary amides is 1. The first-order chi connectivity index (χ1) is 8.59. The number of carbonyl (C=O) groups is 1. The number of ether oxygens (including phenoxy) is 1. The molecule has 0 spiro atoms. The first-order valence-electron chi connectivity index (χ1n) is 5.63. The van der Waals surface area contributed by atoms with Crippen LogP contribution in [0.1, 0.15) is 6.92 Å². The van der Waals surface area contributed by atoms with Gasteiger partial charge in [0, 0.05) is 18.8 Å². The number of benzene rings is 1. The second-order valence-corrected chi connectivity index (χ2v) is 4.00. The molecule has 0 saturated heterocycles. The maximum Gasteiger partial charge on any atom is 0.258 e. The summed E-state index contributed by atoms with van der Waals surface area (Å²) in [4.78, 5) is 11.0. The Labute approximate surface area is 105 Å². The van der Waals surface area contributed by atoms with E-state index in [0.717, 1.165) is 11.3 Å². The Morgan fingerprint density at radius 3 is 2.72 bits per heavy atom. The van der Waals surface area contributed by atoms with E-state index in [9.17, 15) is 4.79 Å². The minimum atomic E-state index is -0.667. The minimum Gasteiger partial charge on any atom is -0.480 e. The molecule has 0 saturated carbocycles. The zero-order valence-electron chi connectivity index (χ0n) is 10.3. The summed E-state index contributed by atoms with van der Waals surface area (Å²) in [5.74, 6) is 0.127. The SMILES string of the molecule is C[C@H](Oc1ccccc1-c1ccnn1C)C(N)=O. The van der Waals surface area contributed by atoms with Crippen LogP contribution >= 0.6 is 0 Å². The number of hydrogen-bond donors (Lipinski definition) is 1. The van der Waals surface area contributed by atoms with Crippen molar-refractivity contribution in [2.75, 3.05) is 0 Å². The molecule has 1 heterocycles. The van der Waals surface area contributed by atoms with Gasteiger partial charge in [-0.25, -0.2) is 0 Å². The zero-order chi connectivity index (χ0) is 13.1. The largest absolute Gasteiger partial charge is 0.480 e. The number of nitrogens with two attached hydrogens (primary N) is 1. The number of nitrogens with zero attached hydrogens (tertiary/aromatic N) is 2. The molecule has 0 aliphatic rings. The summed E-state index contributed by atoms with van der Waals surface area (Å²) in [6.45, 7) is 1.63. The van der Waals surface area contributed by atoms with Crippen molar-refractivity contribution in [3.63, 3.8) is 0 Å². The highest BCUT2D eigenvalue weighted by Gasteiger charge is 2.14. The van der Waals surface area contributed by atoms with Crippen LogP contribution < -0.4 is 10.5 Å². The van der Waals surface area contributed by atoms with E-state index in [1.54, 1.807) is 17.8 Å². The predicted octanol–water partition coefficient (Wildman–Crippen LogP) is 1.34. The Morgan fingerprint density at radius 1 is 1.39 bits per heavy atom. The summed E-state index contributed by atoms with van der Waals surface area (Å²) >= 11 is 0. The topological polar surface area (TPSA) is 70.1 Å². The van der Waals surface area contributed by atoms with Crippen molar-refractivity contribution >= 4 is 5.91 Å². The van der Waals surface area contributed by atoms with Crippen molar-refractivity contribution in [2.45, 2.75) is 13.0 Å². The smallest absolute Gasteiger partial charge is 0.258 e. The van der Waals surface area contributed by atoms with E-state index >= 15 is 0 Å². The van der Waals surface area contributed by atoms with Gasteiger partial charge in [-0.15, -0.1) is 0 Å². The Bertz CT molecular complexity index is 563. The van der Waals surface area contributed by atoms with Gasteiger partial charge in [0.05, 0.1) is 5.69 Å². The van der Waals surface area contributed by atoms with Gasteiger partial charge in [0.2, 0.25) is 0 Å². The molecule has 94 valence electrons. The second-order valence-electron chi connectivity index (χ2n) is 4.00. The lowest BCUT2D eigenvalue weighted by Gasteiger charge is -2.15. The zero-order valence-corrected chi connectivity index (χ0v) is 10.3. The van der Waals surface area contributed by atoms with E-state index in [-0.39, 0.29) is 0 Å². The molecule has 2 rings (SSSR count). The Kier molecular flexibility index (Phi) is 3.32. The van der Waals surface area contributed by atoms with Crippen LogP contribution in [0, 0.1) is 0 Å². The van der Waals surface area contributed by atoms with Gasteiger partial charge in [-0.1, -0.05) is 12.1 Å². The van der Waals surface area contributed by atoms with Crippen LogP contribution in [0.2, 0.25) is 0 Å². The van der Waals surface area contributed by atoms with Crippen LogP contribution in [0.4, 0.5) is 0 Å². The summed E-state index contributed by atoms with van der Waals surface area (Å²) in [5, 5.41) is 4.12. The Hall–Kier alpha value is -2.30. The molecule has 5 heteroatoms. The molecular weight excluding hydrogens is 230 g/mol. The minimum absolute atomic E-state index is 0.491. The van der Waals surface area contributed by atoms with Crippen LogP contribution in [-0.2, 0) is 11.8 Å². The van der Waals surface area contributed by atoms with Gasteiger partial charge in [0.15, 0.2) is 6.10 Å². The molecule has 2 N–H and O–H groups in total. The summed E-state index contributed by atoms with van der Waals surface area (Å²) < 4.78 is 7.32. The van der Waals surface area contributed by atoms with Gasteiger partial charge in [-0.2, -0.15) is 5.10 Å². The van der Waals surface area contributed by atoms with E-state index in [1.807, 2.05) is 37.4 Å². The third-order valence-corrected chi connectivity index (χ3v) is 2.69. The van der Waals surface area contributed by atoms with Crippen molar-refractivity contribution in [1.82, 2.24) is 9.78 Å². The van der Waals surface area contributed by atoms with Crippen molar-refractivity contribution < 1.29 is 9.53 Å². The van der Waals surface area contributed by atoms with Crippen LogP contribution in [0.15, 0.2) is 36.5 Å². The number of aryl methyl sites for hydroxylation is 1. The highest BCUT2D eigenvalue weighted by molar-refractivity contribution is 5.79. The number of aromatic nitrogens is 2. The fraction of sp³-hybridized carbons (Fsp3) is 0.231. The van der Waals surface area contributed by atoms with Gasteiger partial charge < -0.3 is 10.5 Å². The second kappa shape index (κ2) is 4.91. The summed E-state index contributed by atoms with van der Waals surface area (Å²) in [6.07, 6.45) is 1.04. The summed E-state index contributed by atoms with van der Waals surface area (Å²) in [6, 6.07) is 9.37. The average Bonchev–Trinajstić information content (AvgIpc) is 2.76. The van der Waals surface area contributed by atoms with Crippen molar-refractivity contribution in [3.8, 4) is 17.0 Å². The van der Waals surface area contributed by atoms with Gasteiger partial charge in [0.1, 0.15) is 5.75 Å². The molecular formula is C13H15N3O2. The van der Waals surface area contributed by atoms with E-state index in [2.05, 4.69) is 5.10 Å². The standard InChI is InChI=1S/C13H15N3O2/c1-9(13(14)17)18-12-6-4-3-5-10(12)11-7-8-15-16(11)2/h3-9H,1-2H3,(H2,14,17)/t9-/m0/s1. The molecule has 1 aromatic heterocycles. The maximum atomic E-state index is 11.0. The van der Waals surface area contributed by atoms with Crippen LogP contribution in [0.3, 0.4) is 0 Å². The number of para-hydroxylation sites is 1. The fourth-order valence-electron chi connectivity index (χ4n) is 1.67. The van der Waals surface area contributed by atoms with Crippen molar-refractivity contribution in [3.05, 3.63) is 36.5 Å². The van der Waals surface area contributed by atoms with E-state index in [1.165, 1.54) is 0 Å². The van der Waals surface area contributed by atoms with Gasteiger partial charge in [-0.05, 0) is 25.1 Å². The molecule has 0 bridgehead atoms. The molecule has 0 aliphatic heterocycles. The summed E-state index contributed by atoms with van der Waals surface area (Å²) in [7, 11) is 1.85. The monoisotopic (exact) mass is 245 g/mol. The Balaban J connectivity index is 2.38. The molecule has 1 atom stereocenters. The van der Waals surface area contributed by atoms with Gasteiger partial charge in [0.25, 0.3) is 5.91 Å². The van der Waals surface area contributed by atoms with Crippen molar-refractivity contribution in [1.29, 1.82) is 0 Å². The number of hydrogen-bond acceptors (Lipinski definition) is 3. The van der Waals surface area contributed by atoms with E-state index in [4.69, 9.17) is 10.5 Å². The number of carbonyl (C=O) groups excluding carboxylic acids is 1. The van der Waals surface area contributed by atoms with Crippen molar-refractivity contribution in [2.24, 2.45) is 12.8 Å². The maximum absolute atomic E-state index is 11.0. The lowest BCUT2D eigenvalue weighted by atomic mass is 10.1. The third kappa shape index (κ3) is 2.34. The highest BCUT2D eigenvalue weighted by atomic mass is 16.5. The predicted molar refractivity (Wildman–Crippen MR) is 67.9 cm³/mol. The molecule has 2 aromatic rings. The number of amides is 1. The van der Waals surface area contributed by atoms with Gasteiger partial charge >= 0.3 is 0 Å². The van der Waals surface area contributed by atoms with Crippen LogP contribution in [0.5, 0.6) is 5.75 Å². The van der Waals surface area contributed by atoms with E-state index in [0.29, 0.717) is 5.75 Å². The lowest BCUT2D eigenvalue weighted by molar-refractivity contribution is -0.123. The normalized spacial score (nSPS) is 12.1. The first kappa shape index (κ1) is 12.2. The molecule has 0 radical (unpaired) electrons. The molecule has 5 nitrogen and oxygen atoms in total. The third-order valence-electron chi connectivity index (χ3n) is 2.69. The molecule has 0 fully saturated rings. The lowest BCUT2D eigenvalue weighted by Crippen LogP contribution is -2.30. The van der Waals surface area contributed by atoms with E-state index < -0.39 is 12.0 Å². The molecule has 0 unspecified atom stereocenters. The molecule has 1 amide bonds. The molecule has 1 aromatic carbocycles. The Morgan fingerprint density at radius 2 is 2.11 bits per heavy atom.